The Hall–Kier alpha value is -4.29. The molecular formula is C25H31N9O4. The van der Waals surface area contributed by atoms with Gasteiger partial charge in [-0.05, 0) is 24.6 Å². The Kier molecular flexibility index (Phi) is 7.07. The molecule has 3 aromatic heterocycles. The van der Waals surface area contributed by atoms with E-state index >= 15 is 0 Å². The molecule has 3 amide bonds. The fraction of sp³-hybridized carbons (Fsp3) is 0.480. The van der Waals surface area contributed by atoms with Crippen LogP contribution in [0.15, 0.2) is 41.7 Å². The van der Waals surface area contributed by atoms with E-state index in [1.165, 1.54) is 15.5 Å². The Balaban J connectivity index is 1.38. The van der Waals surface area contributed by atoms with Crippen LogP contribution in [0.3, 0.4) is 0 Å². The van der Waals surface area contributed by atoms with Crippen molar-refractivity contribution in [2.45, 2.75) is 38.9 Å². The molecule has 0 unspecified atom stereocenters. The molecule has 13 heteroatoms. The van der Waals surface area contributed by atoms with Gasteiger partial charge in [-0.2, -0.15) is 5.10 Å². The van der Waals surface area contributed by atoms with Crippen molar-refractivity contribution in [2.75, 3.05) is 33.2 Å². The van der Waals surface area contributed by atoms with Crippen molar-refractivity contribution in [1.82, 2.24) is 44.5 Å². The summed E-state index contributed by atoms with van der Waals surface area (Å²) in [6, 6.07) is 2.91. The molecule has 2 atom stereocenters. The second-order valence-electron chi connectivity index (χ2n) is 9.98. The third-order valence-electron chi connectivity index (χ3n) is 7.12. The standard InChI is InChI=1S/C25H31N9O4/c1-17-11-27-33(12-17)8-5-23(36)32-13-18-10-22(35)26-6-9-30(2)24(37)20-4-3-7-31(25(20)38)14-19-15-34(29-28-19)21(18)16-32/h3-4,7,11-12,15,18,21H,5-6,8-10,13-14,16H2,1-2H3,(H,26,35)/t18-,21+/m0/s1. The first-order valence-electron chi connectivity index (χ1n) is 12.7. The zero-order valence-corrected chi connectivity index (χ0v) is 21.5. The average Bonchev–Trinajstić information content (AvgIpc) is 3.63. The van der Waals surface area contributed by atoms with Gasteiger partial charge in [0.1, 0.15) is 11.3 Å². The minimum Gasteiger partial charge on any atom is -0.354 e. The number of aryl methyl sites for hydroxylation is 2. The highest BCUT2D eigenvalue weighted by Crippen LogP contribution is 2.30. The van der Waals surface area contributed by atoms with Crippen LogP contribution in [0.5, 0.6) is 0 Å². The fourth-order valence-electron chi connectivity index (χ4n) is 5.04. The summed E-state index contributed by atoms with van der Waals surface area (Å²) in [6.45, 7) is 3.91. The number of nitrogens with zero attached hydrogens (tertiary/aromatic N) is 8. The van der Waals surface area contributed by atoms with E-state index in [9.17, 15) is 19.2 Å². The van der Waals surface area contributed by atoms with Crippen LogP contribution in [0.4, 0.5) is 0 Å². The molecule has 1 saturated heterocycles. The molecule has 0 aromatic carbocycles. The highest BCUT2D eigenvalue weighted by molar-refractivity contribution is 5.93. The molecule has 1 fully saturated rings. The number of carbonyl (C=O) groups excluding carboxylic acids is 3. The number of likely N-dealkylation sites (tertiary alicyclic amines) is 1. The van der Waals surface area contributed by atoms with Gasteiger partial charge in [-0.25, -0.2) is 4.68 Å². The second-order valence-corrected chi connectivity index (χ2v) is 9.98. The van der Waals surface area contributed by atoms with Crippen molar-refractivity contribution >= 4 is 17.7 Å². The Labute approximate surface area is 219 Å². The molecule has 2 aliphatic heterocycles. The Morgan fingerprint density at radius 2 is 2.03 bits per heavy atom. The largest absolute Gasteiger partial charge is 0.354 e. The smallest absolute Gasteiger partial charge is 0.263 e. The number of hydrogen-bond donors (Lipinski definition) is 1. The molecule has 5 rings (SSSR count). The lowest BCUT2D eigenvalue weighted by molar-refractivity contribution is -0.131. The van der Waals surface area contributed by atoms with Gasteiger partial charge in [0.25, 0.3) is 11.5 Å². The first-order valence-corrected chi connectivity index (χ1v) is 12.7. The highest BCUT2D eigenvalue weighted by atomic mass is 16.2. The number of amides is 3. The van der Waals surface area contributed by atoms with E-state index in [-0.39, 0.29) is 55.4 Å². The van der Waals surface area contributed by atoms with Gasteiger partial charge in [-0.1, -0.05) is 5.21 Å². The van der Waals surface area contributed by atoms with Crippen molar-refractivity contribution in [3.8, 4) is 0 Å². The number of likely N-dealkylation sites (N-methyl/N-ethyl adjacent to an activating group) is 1. The number of hydrogen-bond acceptors (Lipinski definition) is 7. The molecule has 13 nitrogen and oxygen atoms in total. The molecule has 4 bridgehead atoms. The van der Waals surface area contributed by atoms with Gasteiger partial charge >= 0.3 is 0 Å². The van der Waals surface area contributed by atoms with Gasteiger partial charge in [-0.3, -0.25) is 23.9 Å². The number of pyridine rings is 1. The van der Waals surface area contributed by atoms with E-state index in [0.29, 0.717) is 31.7 Å². The monoisotopic (exact) mass is 521 g/mol. The van der Waals surface area contributed by atoms with E-state index in [1.807, 2.05) is 13.1 Å². The summed E-state index contributed by atoms with van der Waals surface area (Å²) in [6.07, 6.45) is 7.52. The van der Waals surface area contributed by atoms with Crippen LogP contribution in [-0.2, 0) is 22.7 Å². The van der Waals surface area contributed by atoms with Gasteiger partial charge < -0.3 is 19.7 Å². The lowest BCUT2D eigenvalue weighted by Gasteiger charge is -2.20. The Morgan fingerprint density at radius 3 is 2.82 bits per heavy atom. The number of carbonyl (C=O) groups is 3. The summed E-state index contributed by atoms with van der Waals surface area (Å²) in [4.78, 5) is 54.9. The third kappa shape index (κ3) is 5.36. The first-order chi connectivity index (χ1) is 18.3. The number of nitrogens with one attached hydrogen (secondary N) is 1. The van der Waals surface area contributed by atoms with Crippen LogP contribution in [0.25, 0.3) is 0 Å². The van der Waals surface area contributed by atoms with E-state index in [0.717, 1.165) is 5.56 Å². The predicted octanol–water partition coefficient (Wildman–Crippen LogP) is -0.325. The number of rotatable bonds is 3. The summed E-state index contributed by atoms with van der Waals surface area (Å²) < 4.78 is 4.87. The molecule has 38 heavy (non-hydrogen) atoms. The zero-order chi connectivity index (χ0) is 26.8. The number of fused-ring (bicyclic) bond motifs is 6. The van der Waals surface area contributed by atoms with Crippen LogP contribution in [0.1, 0.15) is 40.5 Å². The molecule has 0 spiro atoms. The van der Waals surface area contributed by atoms with Gasteiger partial charge in [0, 0.05) is 70.9 Å². The molecule has 0 saturated carbocycles. The van der Waals surface area contributed by atoms with Crippen molar-refractivity contribution in [2.24, 2.45) is 5.92 Å². The molecule has 1 N–H and O–H groups in total. The maximum Gasteiger partial charge on any atom is 0.263 e. The van der Waals surface area contributed by atoms with Crippen LogP contribution >= 0.6 is 0 Å². The second kappa shape index (κ2) is 10.6. The fourth-order valence-corrected chi connectivity index (χ4v) is 5.04. The molecular weight excluding hydrogens is 490 g/mol. The molecule has 0 aliphatic carbocycles. The highest BCUT2D eigenvalue weighted by Gasteiger charge is 2.38. The van der Waals surface area contributed by atoms with Crippen LogP contribution in [0, 0.1) is 12.8 Å². The minimum atomic E-state index is -0.419. The average molecular weight is 522 g/mol. The predicted molar refractivity (Wildman–Crippen MR) is 135 cm³/mol. The lowest BCUT2D eigenvalue weighted by atomic mass is 9.99. The van der Waals surface area contributed by atoms with E-state index in [1.54, 1.807) is 46.0 Å². The molecule has 0 radical (unpaired) electrons. The summed E-state index contributed by atoms with van der Waals surface area (Å²) in [7, 11) is 1.60. The first kappa shape index (κ1) is 25.4. The van der Waals surface area contributed by atoms with Gasteiger partial charge in [-0.15, -0.1) is 5.10 Å². The zero-order valence-electron chi connectivity index (χ0n) is 21.5. The maximum atomic E-state index is 13.1. The van der Waals surface area contributed by atoms with Crippen molar-refractivity contribution in [1.29, 1.82) is 0 Å². The third-order valence-corrected chi connectivity index (χ3v) is 7.12. The van der Waals surface area contributed by atoms with Gasteiger partial charge in [0.2, 0.25) is 11.8 Å². The van der Waals surface area contributed by atoms with E-state index < -0.39 is 11.5 Å². The molecule has 3 aromatic rings. The molecule has 200 valence electrons. The number of aromatic nitrogens is 6. The summed E-state index contributed by atoms with van der Waals surface area (Å²) in [5.41, 5.74) is 1.21. The Bertz CT molecular complexity index is 1410. The summed E-state index contributed by atoms with van der Waals surface area (Å²) in [5.74, 6) is -0.763. The molecule has 2 aliphatic rings. The SMILES string of the molecule is Cc1cnn(CCC(=O)N2C[C@@H]3CC(=O)NCCN(C)C(=O)c4cccn(c4=O)Cc4cn(nn4)[C@@H]3C2)c1. The van der Waals surface area contributed by atoms with Crippen molar-refractivity contribution in [3.05, 3.63) is 64.1 Å². The van der Waals surface area contributed by atoms with Crippen LogP contribution in [-0.4, -0.2) is 90.1 Å². The summed E-state index contributed by atoms with van der Waals surface area (Å²) >= 11 is 0. The van der Waals surface area contributed by atoms with E-state index in [4.69, 9.17) is 0 Å². The van der Waals surface area contributed by atoms with Crippen LogP contribution < -0.4 is 10.9 Å². The molecule has 5 heterocycles. The van der Waals surface area contributed by atoms with Crippen LogP contribution in [0.2, 0.25) is 0 Å². The summed E-state index contributed by atoms with van der Waals surface area (Å²) in [5, 5.41) is 15.6. The van der Waals surface area contributed by atoms with Crippen molar-refractivity contribution < 1.29 is 14.4 Å². The Morgan fingerprint density at radius 1 is 1.18 bits per heavy atom. The normalized spacial score (nSPS) is 20.4. The minimum absolute atomic E-state index is 0.0132. The van der Waals surface area contributed by atoms with E-state index in [2.05, 4.69) is 20.7 Å². The van der Waals surface area contributed by atoms with Crippen molar-refractivity contribution in [3.63, 3.8) is 0 Å². The van der Waals surface area contributed by atoms with Gasteiger partial charge in [0.05, 0.1) is 25.0 Å². The maximum absolute atomic E-state index is 13.1. The topological polar surface area (TPSA) is 140 Å². The lowest BCUT2D eigenvalue weighted by Crippen LogP contribution is -2.39. The van der Waals surface area contributed by atoms with Gasteiger partial charge in [0.15, 0.2) is 0 Å². The quantitative estimate of drug-likeness (QED) is 0.498.